The van der Waals surface area contributed by atoms with E-state index in [0.29, 0.717) is 12.5 Å². The average Bonchev–Trinajstić information content (AvgIpc) is 2.29. The molecule has 17 heavy (non-hydrogen) atoms. The van der Waals surface area contributed by atoms with Crippen LogP contribution >= 0.6 is 0 Å². The molecule has 100 valence electrons. The number of nitrogens with two attached hydrogens (primary N) is 1. The second-order valence-corrected chi connectivity index (χ2v) is 5.89. The van der Waals surface area contributed by atoms with Crippen molar-refractivity contribution in [2.24, 2.45) is 17.6 Å². The number of rotatable bonds is 4. The van der Waals surface area contributed by atoms with Gasteiger partial charge in [0.05, 0.1) is 11.6 Å². The van der Waals surface area contributed by atoms with Gasteiger partial charge in [-0.15, -0.1) is 0 Å². The highest BCUT2D eigenvalue weighted by Gasteiger charge is 2.32. The molecule has 0 spiro atoms. The summed E-state index contributed by atoms with van der Waals surface area (Å²) in [4.78, 5) is 11.7. The monoisotopic (exact) mass is 242 g/mol. The lowest BCUT2D eigenvalue weighted by Gasteiger charge is -2.35. The molecule has 0 aliphatic heterocycles. The highest BCUT2D eigenvalue weighted by atomic mass is 16.3. The first-order valence-electron chi connectivity index (χ1n) is 6.60. The molecule has 1 saturated carbocycles. The number of hydrogen-bond acceptors (Lipinski definition) is 3. The Hall–Kier alpha value is -0.610. The molecular weight excluding hydrogens is 216 g/mol. The van der Waals surface area contributed by atoms with Crippen LogP contribution in [0.4, 0.5) is 0 Å². The van der Waals surface area contributed by atoms with Gasteiger partial charge in [0.2, 0.25) is 5.91 Å². The van der Waals surface area contributed by atoms with E-state index in [0.717, 1.165) is 25.7 Å². The van der Waals surface area contributed by atoms with E-state index in [-0.39, 0.29) is 11.8 Å². The zero-order valence-corrected chi connectivity index (χ0v) is 11.2. The first-order valence-corrected chi connectivity index (χ1v) is 6.60. The quantitative estimate of drug-likeness (QED) is 0.689. The maximum Gasteiger partial charge on any atom is 0.237 e. The summed E-state index contributed by atoms with van der Waals surface area (Å²) in [5, 5.41) is 13.1. The normalized spacial score (nSPS) is 31.3. The van der Waals surface area contributed by atoms with Crippen molar-refractivity contribution in [3.8, 4) is 0 Å². The van der Waals surface area contributed by atoms with Gasteiger partial charge in [-0.3, -0.25) is 4.79 Å². The summed E-state index contributed by atoms with van der Waals surface area (Å²) in [6.45, 7) is 6.37. The van der Waals surface area contributed by atoms with E-state index in [2.05, 4.69) is 12.2 Å². The van der Waals surface area contributed by atoms with E-state index in [1.807, 2.05) is 13.8 Å². The van der Waals surface area contributed by atoms with Crippen molar-refractivity contribution in [1.29, 1.82) is 0 Å². The number of amides is 1. The second-order valence-electron chi connectivity index (χ2n) is 5.89. The van der Waals surface area contributed by atoms with E-state index < -0.39 is 11.6 Å². The molecule has 1 amide bonds. The average molecular weight is 242 g/mol. The van der Waals surface area contributed by atoms with Crippen molar-refractivity contribution in [2.75, 3.05) is 6.54 Å². The van der Waals surface area contributed by atoms with Crippen molar-refractivity contribution < 1.29 is 9.90 Å². The summed E-state index contributed by atoms with van der Waals surface area (Å²) in [5.74, 6) is 0.645. The van der Waals surface area contributed by atoms with E-state index >= 15 is 0 Å². The van der Waals surface area contributed by atoms with E-state index in [9.17, 15) is 9.90 Å². The molecule has 0 aromatic carbocycles. The first kappa shape index (κ1) is 14.5. The van der Waals surface area contributed by atoms with Crippen LogP contribution in [0.15, 0.2) is 0 Å². The minimum Gasteiger partial charge on any atom is -0.388 e. The van der Waals surface area contributed by atoms with Crippen molar-refractivity contribution >= 4 is 5.91 Å². The Morgan fingerprint density at radius 3 is 2.47 bits per heavy atom. The summed E-state index contributed by atoms with van der Waals surface area (Å²) in [5.41, 5.74) is 5.02. The van der Waals surface area contributed by atoms with Gasteiger partial charge in [0.15, 0.2) is 0 Å². The Labute approximate surface area is 104 Å². The third kappa shape index (κ3) is 4.28. The molecule has 0 aromatic rings. The Morgan fingerprint density at radius 1 is 1.47 bits per heavy atom. The fraction of sp³-hybridized carbons (Fsp3) is 0.923. The van der Waals surface area contributed by atoms with Gasteiger partial charge in [-0.25, -0.2) is 0 Å². The molecular formula is C13H26N2O2. The summed E-state index contributed by atoms with van der Waals surface area (Å²) in [7, 11) is 0. The topological polar surface area (TPSA) is 75.3 Å². The molecule has 1 atom stereocenters. The molecule has 1 aliphatic rings. The van der Waals surface area contributed by atoms with Crippen molar-refractivity contribution in [3.63, 3.8) is 0 Å². The van der Waals surface area contributed by atoms with Crippen LogP contribution in [0.2, 0.25) is 0 Å². The van der Waals surface area contributed by atoms with Crippen molar-refractivity contribution in [1.82, 2.24) is 5.32 Å². The van der Waals surface area contributed by atoms with Gasteiger partial charge in [-0.2, -0.15) is 0 Å². The molecule has 1 unspecified atom stereocenters. The van der Waals surface area contributed by atoms with Gasteiger partial charge >= 0.3 is 0 Å². The zero-order chi connectivity index (χ0) is 13.1. The van der Waals surface area contributed by atoms with Gasteiger partial charge in [-0.05, 0) is 37.5 Å². The van der Waals surface area contributed by atoms with E-state index in [4.69, 9.17) is 5.73 Å². The number of aliphatic hydroxyl groups is 1. The Kier molecular flexibility index (Phi) is 4.95. The van der Waals surface area contributed by atoms with Crippen LogP contribution in [0, 0.1) is 11.8 Å². The third-order valence-electron chi connectivity index (χ3n) is 3.82. The minimum atomic E-state index is -0.723. The molecule has 0 bridgehead atoms. The number of carbonyl (C=O) groups is 1. The van der Waals surface area contributed by atoms with Crippen molar-refractivity contribution in [2.45, 2.75) is 58.1 Å². The van der Waals surface area contributed by atoms with Gasteiger partial charge in [-0.1, -0.05) is 20.8 Å². The molecule has 0 saturated heterocycles. The van der Waals surface area contributed by atoms with Gasteiger partial charge in [0, 0.05) is 6.54 Å². The van der Waals surface area contributed by atoms with Crippen LogP contribution in [-0.4, -0.2) is 29.2 Å². The lowest BCUT2D eigenvalue weighted by molar-refractivity contribution is -0.125. The second kappa shape index (κ2) is 5.83. The molecule has 0 aromatic heterocycles. The number of nitrogens with one attached hydrogen (secondary N) is 1. The molecule has 0 radical (unpaired) electrons. The van der Waals surface area contributed by atoms with Gasteiger partial charge < -0.3 is 16.2 Å². The van der Waals surface area contributed by atoms with E-state index in [1.54, 1.807) is 0 Å². The fourth-order valence-electron chi connectivity index (χ4n) is 2.15. The molecule has 4 nitrogen and oxygen atoms in total. The summed E-state index contributed by atoms with van der Waals surface area (Å²) >= 11 is 0. The SMILES string of the molecule is CC1CCC(O)(CNC(=O)C(N)C(C)C)CC1. The minimum absolute atomic E-state index is 0.121. The highest BCUT2D eigenvalue weighted by Crippen LogP contribution is 2.31. The Morgan fingerprint density at radius 2 is 2.00 bits per heavy atom. The zero-order valence-electron chi connectivity index (χ0n) is 11.2. The van der Waals surface area contributed by atoms with Crippen LogP contribution in [0.3, 0.4) is 0 Å². The lowest BCUT2D eigenvalue weighted by atomic mass is 9.79. The van der Waals surface area contributed by atoms with Crippen LogP contribution in [-0.2, 0) is 4.79 Å². The van der Waals surface area contributed by atoms with E-state index in [1.165, 1.54) is 0 Å². The molecule has 1 rings (SSSR count). The van der Waals surface area contributed by atoms with Crippen LogP contribution in [0.25, 0.3) is 0 Å². The summed E-state index contributed by atoms with van der Waals surface area (Å²) < 4.78 is 0. The maximum absolute atomic E-state index is 11.7. The third-order valence-corrected chi connectivity index (χ3v) is 3.82. The molecule has 1 aliphatic carbocycles. The smallest absolute Gasteiger partial charge is 0.237 e. The van der Waals surface area contributed by atoms with Crippen LogP contribution in [0.1, 0.15) is 46.5 Å². The number of carbonyl (C=O) groups excluding carboxylic acids is 1. The van der Waals surface area contributed by atoms with Gasteiger partial charge in [0.25, 0.3) is 0 Å². The highest BCUT2D eigenvalue weighted by molar-refractivity contribution is 5.81. The maximum atomic E-state index is 11.7. The van der Waals surface area contributed by atoms with Gasteiger partial charge in [0.1, 0.15) is 0 Å². The lowest BCUT2D eigenvalue weighted by Crippen LogP contribution is -2.50. The first-order chi connectivity index (χ1) is 7.84. The predicted octanol–water partition coefficient (Wildman–Crippen LogP) is 1.03. The largest absolute Gasteiger partial charge is 0.388 e. The summed E-state index contributed by atoms with van der Waals surface area (Å²) in [6.07, 6.45) is 3.60. The molecule has 0 heterocycles. The standard InChI is InChI=1S/C13H26N2O2/c1-9(2)11(14)12(16)15-8-13(17)6-4-10(3)5-7-13/h9-11,17H,4-8,14H2,1-3H3,(H,15,16). The van der Waals surface area contributed by atoms with Crippen LogP contribution < -0.4 is 11.1 Å². The molecule has 1 fully saturated rings. The Bertz CT molecular complexity index is 258. The van der Waals surface area contributed by atoms with Crippen LogP contribution in [0.5, 0.6) is 0 Å². The Balaban J connectivity index is 2.37. The molecule has 4 heteroatoms. The predicted molar refractivity (Wildman–Crippen MR) is 68.4 cm³/mol. The molecule has 4 N–H and O–H groups in total. The number of hydrogen-bond donors (Lipinski definition) is 3. The fourth-order valence-corrected chi connectivity index (χ4v) is 2.15. The summed E-state index contributed by atoms with van der Waals surface area (Å²) in [6, 6.07) is -0.485. The van der Waals surface area contributed by atoms with Crippen molar-refractivity contribution in [3.05, 3.63) is 0 Å².